The van der Waals surface area contributed by atoms with Crippen LogP contribution in [-0.4, -0.2) is 28.8 Å². The fraction of sp³-hybridized carbons (Fsp3) is 0.429. The quantitative estimate of drug-likeness (QED) is 0.825. The number of fused-ring (bicyclic) bond motifs is 1. The Labute approximate surface area is 115 Å². The minimum absolute atomic E-state index is 0.0649. The maximum atomic E-state index is 10.8. The molecule has 1 aromatic carbocycles. The SMILES string of the molecule is CC(COc1cccc2c1COC2CC(=O)O)C(=O)O. The van der Waals surface area contributed by atoms with Crippen molar-refractivity contribution in [2.24, 2.45) is 5.92 Å². The summed E-state index contributed by atoms with van der Waals surface area (Å²) in [6, 6.07) is 5.30. The summed E-state index contributed by atoms with van der Waals surface area (Å²) in [6.07, 6.45) is -0.565. The molecule has 2 rings (SSSR count). The number of rotatable bonds is 6. The molecule has 1 aliphatic heterocycles. The van der Waals surface area contributed by atoms with Crippen LogP contribution in [0, 0.1) is 5.92 Å². The van der Waals surface area contributed by atoms with E-state index in [0.29, 0.717) is 5.75 Å². The van der Waals surface area contributed by atoms with Gasteiger partial charge in [0.2, 0.25) is 0 Å². The highest BCUT2D eigenvalue weighted by molar-refractivity contribution is 5.69. The van der Waals surface area contributed by atoms with E-state index in [1.165, 1.54) is 0 Å². The molecule has 20 heavy (non-hydrogen) atoms. The zero-order valence-corrected chi connectivity index (χ0v) is 11.0. The van der Waals surface area contributed by atoms with Crippen LogP contribution in [0.25, 0.3) is 0 Å². The smallest absolute Gasteiger partial charge is 0.309 e. The van der Waals surface area contributed by atoms with Crippen molar-refractivity contribution in [3.8, 4) is 5.75 Å². The lowest BCUT2D eigenvalue weighted by Crippen LogP contribution is -2.18. The van der Waals surface area contributed by atoms with Gasteiger partial charge in [-0.3, -0.25) is 9.59 Å². The number of ether oxygens (including phenoxy) is 2. The summed E-state index contributed by atoms with van der Waals surface area (Å²) in [5.74, 6) is -1.89. The van der Waals surface area contributed by atoms with Crippen molar-refractivity contribution in [2.75, 3.05) is 6.61 Å². The molecule has 108 valence electrons. The van der Waals surface area contributed by atoms with Crippen LogP contribution in [-0.2, 0) is 20.9 Å². The third-order valence-electron chi connectivity index (χ3n) is 3.22. The fourth-order valence-electron chi connectivity index (χ4n) is 2.06. The maximum absolute atomic E-state index is 10.8. The van der Waals surface area contributed by atoms with Gasteiger partial charge in [-0.15, -0.1) is 0 Å². The van der Waals surface area contributed by atoms with Crippen LogP contribution < -0.4 is 4.74 Å². The van der Waals surface area contributed by atoms with Crippen molar-refractivity contribution in [1.82, 2.24) is 0 Å². The molecule has 6 nitrogen and oxygen atoms in total. The lowest BCUT2D eigenvalue weighted by molar-refractivity contribution is -0.142. The van der Waals surface area contributed by atoms with Crippen LogP contribution in [0.3, 0.4) is 0 Å². The van der Waals surface area contributed by atoms with Crippen LogP contribution in [0.5, 0.6) is 5.75 Å². The molecule has 1 aromatic rings. The summed E-state index contributed by atoms with van der Waals surface area (Å²) in [5.41, 5.74) is 1.60. The first-order chi connectivity index (χ1) is 9.49. The summed E-state index contributed by atoms with van der Waals surface area (Å²) >= 11 is 0. The molecule has 0 aliphatic carbocycles. The van der Waals surface area contributed by atoms with Gasteiger partial charge in [-0.25, -0.2) is 0 Å². The minimum Gasteiger partial charge on any atom is -0.492 e. The Balaban J connectivity index is 2.11. The largest absolute Gasteiger partial charge is 0.492 e. The average Bonchev–Trinajstić information content (AvgIpc) is 2.79. The summed E-state index contributed by atoms with van der Waals surface area (Å²) < 4.78 is 11.0. The Morgan fingerprint density at radius 2 is 2.20 bits per heavy atom. The van der Waals surface area contributed by atoms with E-state index in [-0.39, 0.29) is 19.6 Å². The second kappa shape index (κ2) is 5.92. The molecule has 0 bridgehead atoms. The highest BCUT2D eigenvalue weighted by Gasteiger charge is 2.28. The normalized spacial score (nSPS) is 18.4. The monoisotopic (exact) mass is 280 g/mol. The lowest BCUT2D eigenvalue weighted by Gasteiger charge is -2.12. The van der Waals surface area contributed by atoms with Gasteiger partial charge in [0, 0.05) is 5.56 Å². The van der Waals surface area contributed by atoms with Crippen molar-refractivity contribution < 1.29 is 29.3 Å². The lowest BCUT2D eigenvalue weighted by atomic mass is 10.0. The van der Waals surface area contributed by atoms with E-state index in [9.17, 15) is 9.59 Å². The van der Waals surface area contributed by atoms with E-state index >= 15 is 0 Å². The Hall–Kier alpha value is -2.08. The molecule has 6 heteroatoms. The molecule has 0 fully saturated rings. The predicted molar refractivity (Wildman–Crippen MR) is 68.5 cm³/mol. The standard InChI is InChI=1S/C14H16O6/c1-8(14(17)18)6-19-11-4-2-3-9-10(11)7-20-12(9)5-13(15)16/h2-4,8,12H,5-7H2,1H3,(H,15,16)(H,17,18). The molecule has 0 saturated carbocycles. The number of carboxylic acids is 2. The van der Waals surface area contributed by atoms with Gasteiger partial charge in [-0.05, 0) is 18.6 Å². The van der Waals surface area contributed by atoms with Crippen LogP contribution in [0.1, 0.15) is 30.6 Å². The number of carboxylic acid groups (broad SMARTS) is 2. The fourth-order valence-corrected chi connectivity index (χ4v) is 2.06. The van der Waals surface area contributed by atoms with Gasteiger partial charge in [0.1, 0.15) is 12.4 Å². The van der Waals surface area contributed by atoms with Gasteiger partial charge in [0.05, 0.1) is 25.0 Å². The van der Waals surface area contributed by atoms with Gasteiger partial charge >= 0.3 is 11.9 Å². The molecule has 1 aliphatic rings. The van der Waals surface area contributed by atoms with Crippen molar-refractivity contribution in [2.45, 2.75) is 26.1 Å². The van der Waals surface area contributed by atoms with Gasteiger partial charge in [0.25, 0.3) is 0 Å². The van der Waals surface area contributed by atoms with Crippen molar-refractivity contribution in [3.63, 3.8) is 0 Å². The van der Waals surface area contributed by atoms with E-state index in [0.717, 1.165) is 11.1 Å². The average molecular weight is 280 g/mol. The molecular weight excluding hydrogens is 264 g/mol. The van der Waals surface area contributed by atoms with Gasteiger partial charge < -0.3 is 19.7 Å². The molecular formula is C14H16O6. The zero-order chi connectivity index (χ0) is 14.7. The van der Waals surface area contributed by atoms with Crippen LogP contribution >= 0.6 is 0 Å². The maximum Gasteiger partial charge on any atom is 0.309 e. The third kappa shape index (κ3) is 3.08. The molecule has 0 radical (unpaired) electrons. The molecule has 2 unspecified atom stereocenters. The zero-order valence-electron chi connectivity index (χ0n) is 11.0. The molecule has 0 aromatic heterocycles. The van der Waals surface area contributed by atoms with E-state index in [1.54, 1.807) is 19.1 Å². The Morgan fingerprint density at radius 1 is 1.45 bits per heavy atom. The Morgan fingerprint density at radius 3 is 2.85 bits per heavy atom. The third-order valence-corrected chi connectivity index (χ3v) is 3.22. The topological polar surface area (TPSA) is 93.1 Å². The van der Waals surface area contributed by atoms with Crippen LogP contribution in [0.15, 0.2) is 18.2 Å². The molecule has 2 N–H and O–H groups in total. The molecule has 0 saturated heterocycles. The molecule has 1 heterocycles. The van der Waals surface area contributed by atoms with Gasteiger partial charge in [-0.1, -0.05) is 12.1 Å². The number of aliphatic carboxylic acids is 2. The van der Waals surface area contributed by atoms with Crippen molar-refractivity contribution >= 4 is 11.9 Å². The first kappa shape index (κ1) is 14.3. The Bertz CT molecular complexity index is 524. The van der Waals surface area contributed by atoms with Gasteiger partial charge in [0.15, 0.2) is 0 Å². The summed E-state index contributed by atoms with van der Waals surface area (Å²) in [4.78, 5) is 21.5. The second-order valence-corrected chi connectivity index (χ2v) is 4.77. The number of hydrogen-bond acceptors (Lipinski definition) is 4. The summed E-state index contributed by atoms with van der Waals surface area (Å²) in [7, 11) is 0. The van der Waals surface area contributed by atoms with Gasteiger partial charge in [-0.2, -0.15) is 0 Å². The van der Waals surface area contributed by atoms with E-state index in [2.05, 4.69) is 0 Å². The van der Waals surface area contributed by atoms with Crippen LogP contribution in [0.4, 0.5) is 0 Å². The predicted octanol–water partition coefficient (Wildman–Crippen LogP) is 1.83. The Kier molecular flexibility index (Phi) is 4.24. The summed E-state index contributed by atoms with van der Waals surface area (Å²) in [5, 5.41) is 17.7. The van der Waals surface area contributed by atoms with E-state index in [1.807, 2.05) is 6.07 Å². The first-order valence-electron chi connectivity index (χ1n) is 6.29. The van der Waals surface area contributed by atoms with Crippen molar-refractivity contribution in [1.29, 1.82) is 0 Å². The van der Waals surface area contributed by atoms with E-state index < -0.39 is 24.0 Å². The number of benzene rings is 1. The van der Waals surface area contributed by atoms with Crippen LogP contribution in [0.2, 0.25) is 0 Å². The number of carbonyl (C=O) groups is 2. The van der Waals surface area contributed by atoms with E-state index in [4.69, 9.17) is 19.7 Å². The second-order valence-electron chi connectivity index (χ2n) is 4.77. The molecule has 0 spiro atoms. The summed E-state index contributed by atoms with van der Waals surface area (Å²) in [6.45, 7) is 1.91. The first-order valence-corrected chi connectivity index (χ1v) is 6.29. The highest BCUT2D eigenvalue weighted by Crippen LogP contribution is 2.38. The van der Waals surface area contributed by atoms with Crippen molar-refractivity contribution in [3.05, 3.63) is 29.3 Å². The minimum atomic E-state index is -0.923. The molecule has 2 atom stereocenters. The highest BCUT2D eigenvalue weighted by atomic mass is 16.5. The number of hydrogen-bond donors (Lipinski definition) is 2. The molecule has 0 amide bonds.